The first-order chi connectivity index (χ1) is 18.0. The largest absolute Gasteiger partial charge is 0.462 e. The molecule has 2 aliphatic carbocycles. The average Bonchev–Trinajstić information content (AvgIpc) is 2.83. The second kappa shape index (κ2) is 12.0. The standard InChI is InChI=1S/C28H44F6O6/c1-7-24(4,22(36)40-20-14-10-18(11-15-20)26(6,38)28(32,33)34)16-23(2,3)21(35)39-19-12-8-17(9-13-19)25(5,37)27(29,30)31/h17-20,37-38H,7-16H2,1-6H3. The molecule has 0 bridgehead atoms. The van der Waals surface area contributed by atoms with Crippen molar-refractivity contribution in [3.8, 4) is 0 Å². The van der Waals surface area contributed by atoms with Crippen LogP contribution in [0.4, 0.5) is 26.3 Å². The molecule has 0 aromatic heterocycles. The van der Waals surface area contributed by atoms with Gasteiger partial charge in [0.2, 0.25) is 0 Å². The lowest BCUT2D eigenvalue weighted by Gasteiger charge is -2.40. The molecule has 2 fully saturated rings. The number of hydrogen-bond donors (Lipinski definition) is 2. The van der Waals surface area contributed by atoms with Crippen LogP contribution in [0.5, 0.6) is 0 Å². The van der Waals surface area contributed by atoms with Gasteiger partial charge < -0.3 is 19.7 Å². The number of halogens is 6. The van der Waals surface area contributed by atoms with E-state index in [-0.39, 0.29) is 57.8 Å². The maximum absolute atomic E-state index is 13.2. The maximum Gasteiger partial charge on any atom is 0.417 e. The predicted molar refractivity (Wildman–Crippen MR) is 134 cm³/mol. The molecule has 0 spiro atoms. The van der Waals surface area contributed by atoms with Crippen LogP contribution in [0.1, 0.15) is 106 Å². The molecule has 0 amide bonds. The molecule has 0 aromatic carbocycles. The summed E-state index contributed by atoms with van der Waals surface area (Å²) in [5, 5.41) is 19.9. The Kier molecular flexibility index (Phi) is 10.4. The fourth-order valence-electron chi connectivity index (χ4n) is 5.94. The summed E-state index contributed by atoms with van der Waals surface area (Å²) < 4.78 is 90.3. The molecule has 0 radical (unpaired) electrons. The number of rotatable bonds is 9. The zero-order valence-corrected chi connectivity index (χ0v) is 24.2. The number of ether oxygens (including phenoxy) is 2. The van der Waals surface area contributed by atoms with Gasteiger partial charge in [0, 0.05) is 0 Å². The normalized spacial score (nSPS) is 29.4. The Bertz CT molecular complexity index is 881. The molecular formula is C28H44F6O6. The minimum absolute atomic E-state index is 0.0462. The van der Waals surface area contributed by atoms with Crippen molar-refractivity contribution < 1.29 is 55.6 Å². The van der Waals surface area contributed by atoms with Crippen molar-refractivity contribution in [1.29, 1.82) is 0 Å². The maximum atomic E-state index is 13.2. The van der Waals surface area contributed by atoms with Gasteiger partial charge in [0.25, 0.3) is 0 Å². The lowest BCUT2D eigenvalue weighted by Crippen LogP contribution is -2.50. The van der Waals surface area contributed by atoms with Crippen molar-refractivity contribution in [1.82, 2.24) is 0 Å². The Hall–Kier alpha value is -1.56. The van der Waals surface area contributed by atoms with Crippen molar-refractivity contribution in [3.05, 3.63) is 0 Å². The number of carbonyl (C=O) groups is 2. The Balaban J connectivity index is 1.94. The van der Waals surface area contributed by atoms with Crippen LogP contribution in [0.2, 0.25) is 0 Å². The summed E-state index contributed by atoms with van der Waals surface area (Å²) in [4.78, 5) is 26.3. The summed E-state index contributed by atoms with van der Waals surface area (Å²) in [7, 11) is 0. The molecular weight excluding hydrogens is 546 g/mol. The fraction of sp³-hybridized carbons (Fsp3) is 0.929. The topological polar surface area (TPSA) is 93.1 Å². The van der Waals surface area contributed by atoms with Crippen LogP contribution in [0.15, 0.2) is 0 Å². The molecule has 2 aliphatic rings. The number of esters is 2. The number of hydrogen-bond acceptors (Lipinski definition) is 6. The van der Waals surface area contributed by atoms with Crippen LogP contribution < -0.4 is 0 Å². The summed E-state index contributed by atoms with van der Waals surface area (Å²) in [6, 6.07) is 0. The van der Waals surface area contributed by atoms with E-state index in [9.17, 15) is 46.1 Å². The van der Waals surface area contributed by atoms with Gasteiger partial charge in [0.1, 0.15) is 12.2 Å². The van der Waals surface area contributed by atoms with Crippen LogP contribution in [0, 0.1) is 22.7 Å². The van der Waals surface area contributed by atoms with Gasteiger partial charge in [-0.3, -0.25) is 9.59 Å². The summed E-state index contributed by atoms with van der Waals surface area (Å²) in [6.45, 7) is 8.15. The van der Waals surface area contributed by atoms with Crippen LogP contribution >= 0.6 is 0 Å². The highest BCUT2D eigenvalue weighted by atomic mass is 19.4. The first-order valence-electron chi connectivity index (χ1n) is 14.0. The lowest BCUT2D eigenvalue weighted by atomic mass is 9.72. The van der Waals surface area contributed by atoms with Gasteiger partial charge in [-0.05, 0) is 111 Å². The number of carbonyl (C=O) groups excluding carboxylic acids is 2. The Morgan fingerprint density at radius 2 is 0.975 bits per heavy atom. The Morgan fingerprint density at radius 1 is 0.650 bits per heavy atom. The molecule has 3 unspecified atom stereocenters. The van der Waals surface area contributed by atoms with Crippen molar-refractivity contribution in [2.24, 2.45) is 22.7 Å². The van der Waals surface area contributed by atoms with Gasteiger partial charge >= 0.3 is 24.3 Å². The summed E-state index contributed by atoms with van der Waals surface area (Å²) in [6.07, 6.45) is -9.45. The van der Waals surface area contributed by atoms with Gasteiger partial charge in [-0.2, -0.15) is 26.3 Å². The van der Waals surface area contributed by atoms with E-state index in [4.69, 9.17) is 9.47 Å². The Labute approximate surface area is 232 Å². The van der Waals surface area contributed by atoms with Crippen LogP contribution in [-0.4, -0.2) is 57.9 Å². The highest BCUT2D eigenvalue weighted by Gasteiger charge is 2.56. The third-order valence-corrected chi connectivity index (χ3v) is 9.29. The quantitative estimate of drug-likeness (QED) is 0.231. The minimum Gasteiger partial charge on any atom is -0.462 e. The zero-order valence-electron chi connectivity index (χ0n) is 24.2. The van der Waals surface area contributed by atoms with E-state index in [0.717, 1.165) is 13.8 Å². The first-order valence-corrected chi connectivity index (χ1v) is 14.0. The molecule has 3 atom stereocenters. The van der Waals surface area contributed by atoms with Gasteiger partial charge in [0.05, 0.1) is 10.8 Å². The molecule has 2 rings (SSSR count). The molecule has 2 saturated carbocycles. The molecule has 2 N–H and O–H groups in total. The third-order valence-electron chi connectivity index (χ3n) is 9.29. The molecule has 0 saturated heterocycles. The lowest BCUT2D eigenvalue weighted by molar-refractivity contribution is -0.276. The summed E-state index contributed by atoms with van der Waals surface area (Å²) in [5.74, 6) is -3.16. The molecule has 40 heavy (non-hydrogen) atoms. The van der Waals surface area contributed by atoms with Gasteiger partial charge in [0.15, 0.2) is 11.2 Å². The molecule has 0 aliphatic heterocycles. The monoisotopic (exact) mass is 590 g/mol. The zero-order chi connectivity index (χ0) is 30.9. The van der Waals surface area contributed by atoms with Gasteiger partial charge in [-0.25, -0.2) is 0 Å². The number of aliphatic hydroxyl groups is 2. The second-order valence-corrected chi connectivity index (χ2v) is 13.0. The molecule has 12 heteroatoms. The second-order valence-electron chi connectivity index (χ2n) is 13.0. The van der Waals surface area contributed by atoms with E-state index in [1.54, 1.807) is 27.7 Å². The SMILES string of the molecule is CCC(C)(CC(C)(C)C(=O)OC1CCC(C(C)(O)C(F)(F)F)CC1)C(=O)OC1CCC(C(C)(O)C(F)(F)F)CC1. The first kappa shape index (κ1) is 34.6. The minimum atomic E-state index is -4.76. The summed E-state index contributed by atoms with van der Waals surface area (Å²) >= 11 is 0. The van der Waals surface area contributed by atoms with E-state index >= 15 is 0 Å². The van der Waals surface area contributed by atoms with E-state index in [1.807, 2.05) is 0 Å². The third kappa shape index (κ3) is 7.63. The van der Waals surface area contributed by atoms with Crippen LogP contribution in [-0.2, 0) is 19.1 Å². The Morgan fingerprint density at radius 3 is 1.27 bits per heavy atom. The van der Waals surface area contributed by atoms with Gasteiger partial charge in [-0.15, -0.1) is 0 Å². The smallest absolute Gasteiger partial charge is 0.417 e. The van der Waals surface area contributed by atoms with Gasteiger partial charge in [-0.1, -0.05) is 6.92 Å². The van der Waals surface area contributed by atoms with Crippen molar-refractivity contribution >= 4 is 11.9 Å². The molecule has 234 valence electrons. The van der Waals surface area contributed by atoms with E-state index in [0.29, 0.717) is 6.42 Å². The van der Waals surface area contributed by atoms with Crippen LogP contribution in [0.3, 0.4) is 0 Å². The van der Waals surface area contributed by atoms with Crippen LogP contribution in [0.25, 0.3) is 0 Å². The highest BCUT2D eigenvalue weighted by Crippen LogP contribution is 2.46. The highest BCUT2D eigenvalue weighted by molar-refractivity contribution is 5.80. The average molecular weight is 591 g/mol. The number of alkyl halides is 6. The summed E-state index contributed by atoms with van der Waals surface area (Å²) in [5.41, 5.74) is -7.87. The fourth-order valence-corrected chi connectivity index (χ4v) is 5.94. The van der Waals surface area contributed by atoms with Crippen molar-refractivity contribution in [2.45, 2.75) is 142 Å². The van der Waals surface area contributed by atoms with E-state index < -0.39 is 70.4 Å². The predicted octanol–water partition coefficient (Wildman–Crippen LogP) is 6.65. The molecule has 0 heterocycles. The van der Waals surface area contributed by atoms with Crippen molar-refractivity contribution in [2.75, 3.05) is 0 Å². The molecule has 0 aromatic rings. The van der Waals surface area contributed by atoms with E-state index in [2.05, 4.69) is 0 Å². The van der Waals surface area contributed by atoms with Crippen molar-refractivity contribution in [3.63, 3.8) is 0 Å². The van der Waals surface area contributed by atoms with E-state index in [1.165, 1.54) is 0 Å². The molecule has 6 nitrogen and oxygen atoms in total.